The number of nitrogens with one attached hydrogen (secondary N) is 2. The minimum atomic E-state index is -4.62. The number of imidazole rings is 1. The second-order valence-electron chi connectivity index (χ2n) is 10.3. The zero-order valence-electron chi connectivity index (χ0n) is 22.3. The summed E-state index contributed by atoms with van der Waals surface area (Å²) in [4.78, 5) is 34.6. The molecule has 0 unspecified atom stereocenters. The third-order valence-corrected chi connectivity index (χ3v) is 7.44. The SMILES string of the molecule is COC[C@H](c1cnn2cc([C@@H](NC(=O)OCc3cocn3)C3CCC(F)(F)CC3)nc2c1)N1C[C@@H](C(F)(F)F)NC1=O. The van der Waals surface area contributed by atoms with Crippen molar-refractivity contribution in [2.45, 2.75) is 62.5 Å². The van der Waals surface area contributed by atoms with Crippen LogP contribution in [0.2, 0.25) is 0 Å². The first kappa shape index (κ1) is 29.5. The number of ether oxygens (including phenoxy) is 2. The average molecular weight is 602 g/mol. The number of urea groups is 1. The number of methoxy groups -OCH3 is 1. The Morgan fingerprint density at radius 1 is 1.31 bits per heavy atom. The van der Waals surface area contributed by atoms with E-state index in [4.69, 9.17) is 13.9 Å². The van der Waals surface area contributed by atoms with Crippen LogP contribution < -0.4 is 10.6 Å². The molecule has 1 saturated carbocycles. The van der Waals surface area contributed by atoms with E-state index in [-0.39, 0.29) is 50.5 Å². The molecule has 3 atom stereocenters. The number of halogens is 5. The molecule has 2 aliphatic rings. The summed E-state index contributed by atoms with van der Waals surface area (Å²) in [5.41, 5.74) is 1.34. The maximum absolute atomic E-state index is 13.9. The second kappa shape index (κ2) is 11.7. The number of rotatable bonds is 9. The highest BCUT2D eigenvalue weighted by atomic mass is 19.4. The van der Waals surface area contributed by atoms with Gasteiger partial charge in [-0.15, -0.1) is 0 Å². The van der Waals surface area contributed by atoms with Crippen molar-refractivity contribution in [3.05, 3.63) is 48.1 Å². The minimum absolute atomic E-state index is 0.110. The number of alkyl carbamates (subject to hydrolysis) is 1. The van der Waals surface area contributed by atoms with E-state index in [2.05, 4.69) is 20.4 Å². The lowest BCUT2D eigenvalue weighted by molar-refractivity contribution is -0.150. The lowest BCUT2D eigenvalue weighted by Gasteiger charge is -2.33. The molecule has 1 saturated heterocycles. The van der Waals surface area contributed by atoms with Gasteiger partial charge in [-0.05, 0) is 24.8 Å². The van der Waals surface area contributed by atoms with Gasteiger partial charge in [-0.1, -0.05) is 0 Å². The van der Waals surface area contributed by atoms with Crippen molar-refractivity contribution in [2.24, 2.45) is 5.92 Å². The molecular weight excluding hydrogens is 573 g/mol. The fraction of sp³-hybridized carbons (Fsp3) is 0.560. The third-order valence-electron chi connectivity index (χ3n) is 7.44. The Labute approximate surface area is 235 Å². The van der Waals surface area contributed by atoms with E-state index >= 15 is 0 Å². The van der Waals surface area contributed by atoms with Crippen molar-refractivity contribution >= 4 is 17.8 Å². The number of oxazole rings is 1. The van der Waals surface area contributed by atoms with Crippen molar-refractivity contribution in [1.82, 2.24) is 35.1 Å². The molecule has 42 heavy (non-hydrogen) atoms. The van der Waals surface area contributed by atoms with Gasteiger partial charge in [-0.25, -0.2) is 32.9 Å². The number of carbonyl (C=O) groups is 2. The van der Waals surface area contributed by atoms with Crippen molar-refractivity contribution in [3.8, 4) is 0 Å². The summed E-state index contributed by atoms with van der Waals surface area (Å²) in [6.45, 7) is -0.898. The molecule has 4 heterocycles. The molecule has 0 spiro atoms. The largest absolute Gasteiger partial charge is 0.451 e. The van der Waals surface area contributed by atoms with E-state index in [9.17, 15) is 31.5 Å². The van der Waals surface area contributed by atoms with E-state index in [1.807, 2.05) is 5.32 Å². The van der Waals surface area contributed by atoms with E-state index in [0.717, 1.165) is 4.90 Å². The first-order chi connectivity index (χ1) is 19.9. The van der Waals surface area contributed by atoms with Gasteiger partial charge in [0.25, 0.3) is 0 Å². The molecule has 1 aliphatic carbocycles. The fourth-order valence-corrected chi connectivity index (χ4v) is 5.22. The fourth-order valence-electron chi connectivity index (χ4n) is 5.22. The summed E-state index contributed by atoms with van der Waals surface area (Å²) < 4.78 is 84.3. The highest BCUT2D eigenvalue weighted by molar-refractivity contribution is 5.77. The molecule has 3 amide bonds. The number of carbonyl (C=O) groups excluding carboxylic acids is 2. The summed E-state index contributed by atoms with van der Waals surface area (Å²) >= 11 is 0. The molecule has 1 aliphatic heterocycles. The Kier molecular flexibility index (Phi) is 8.21. The van der Waals surface area contributed by atoms with Crippen LogP contribution in [0.4, 0.5) is 31.5 Å². The monoisotopic (exact) mass is 601 g/mol. The normalized spacial score (nSPS) is 20.9. The van der Waals surface area contributed by atoms with E-state index in [0.29, 0.717) is 17.0 Å². The zero-order chi connectivity index (χ0) is 30.1. The highest BCUT2D eigenvalue weighted by Gasteiger charge is 2.48. The number of nitrogens with zero attached hydrogens (tertiary/aromatic N) is 5. The van der Waals surface area contributed by atoms with E-state index in [1.165, 1.54) is 36.7 Å². The summed E-state index contributed by atoms with van der Waals surface area (Å²) in [7, 11) is 1.35. The van der Waals surface area contributed by atoms with Gasteiger partial charge in [0.1, 0.15) is 24.6 Å². The number of fused-ring (bicyclic) bond motifs is 1. The first-order valence-corrected chi connectivity index (χ1v) is 13.1. The highest BCUT2D eigenvalue weighted by Crippen LogP contribution is 2.41. The summed E-state index contributed by atoms with van der Waals surface area (Å²) in [5.74, 6) is -3.19. The number of hydrogen-bond acceptors (Lipinski definition) is 8. The summed E-state index contributed by atoms with van der Waals surface area (Å²) in [6, 6.07) is -3.09. The first-order valence-electron chi connectivity index (χ1n) is 13.1. The predicted molar refractivity (Wildman–Crippen MR) is 132 cm³/mol. The van der Waals surface area contributed by atoms with Crippen molar-refractivity contribution in [1.29, 1.82) is 0 Å². The molecule has 3 aromatic rings. The molecule has 0 radical (unpaired) electrons. The van der Waals surface area contributed by atoms with Crippen LogP contribution in [0.1, 0.15) is 54.7 Å². The van der Waals surface area contributed by atoms with E-state index < -0.39 is 48.9 Å². The van der Waals surface area contributed by atoms with Crippen LogP contribution in [0.25, 0.3) is 5.65 Å². The molecule has 0 bridgehead atoms. The maximum Gasteiger partial charge on any atom is 0.410 e. The second-order valence-corrected chi connectivity index (χ2v) is 10.3. The molecule has 0 aromatic carbocycles. The molecule has 3 aromatic heterocycles. The molecule has 2 N–H and O–H groups in total. The van der Waals surface area contributed by atoms with Gasteiger partial charge < -0.3 is 29.4 Å². The van der Waals surface area contributed by atoms with Gasteiger partial charge in [0, 0.05) is 25.5 Å². The molecule has 5 rings (SSSR count). The molecule has 228 valence electrons. The Balaban J connectivity index is 1.39. The quantitative estimate of drug-likeness (QED) is 0.349. The summed E-state index contributed by atoms with van der Waals surface area (Å²) in [6.07, 6.45) is -0.498. The van der Waals surface area contributed by atoms with Crippen molar-refractivity contribution < 1.29 is 45.4 Å². The number of amides is 3. The third kappa shape index (κ3) is 6.55. The Hall–Kier alpha value is -4.02. The van der Waals surface area contributed by atoms with Crippen molar-refractivity contribution in [3.63, 3.8) is 0 Å². The molecular formula is C25H28F5N7O5. The van der Waals surface area contributed by atoms with Gasteiger partial charge in [0.15, 0.2) is 12.0 Å². The van der Waals surface area contributed by atoms with Crippen LogP contribution in [0.5, 0.6) is 0 Å². The number of aromatic nitrogens is 4. The predicted octanol–water partition coefficient (Wildman–Crippen LogP) is 4.15. The summed E-state index contributed by atoms with van der Waals surface area (Å²) in [5, 5.41) is 8.97. The van der Waals surface area contributed by atoms with Gasteiger partial charge in [-0.3, -0.25) is 0 Å². The Morgan fingerprint density at radius 2 is 2.07 bits per heavy atom. The standard InChI is InChI=1S/C25H28F5N7O5/c1-40-12-18(36-9-19(25(28,29)30)34-22(36)38)15-6-20-33-17(8-37(20)32-7-15)21(14-2-4-24(26,27)5-3-14)35-23(39)42-11-16-10-41-13-31-16/h6-8,10,13-14,18-19,21H,2-5,9,11-12H2,1H3,(H,34,38)(H,35,39)/t18-,19+,21+/m1/s1. The zero-order valence-corrected chi connectivity index (χ0v) is 22.3. The smallest absolute Gasteiger partial charge is 0.410 e. The lowest BCUT2D eigenvalue weighted by atomic mass is 9.81. The molecule has 17 heteroatoms. The van der Waals surface area contributed by atoms with E-state index in [1.54, 1.807) is 6.07 Å². The maximum atomic E-state index is 13.9. The van der Waals surface area contributed by atoms with Crippen LogP contribution >= 0.6 is 0 Å². The van der Waals surface area contributed by atoms with Crippen molar-refractivity contribution in [2.75, 3.05) is 20.3 Å². The van der Waals surface area contributed by atoms with Crippen LogP contribution in [0.15, 0.2) is 35.5 Å². The van der Waals surface area contributed by atoms with Gasteiger partial charge >= 0.3 is 18.3 Å². The van der Waals surface area contributed by atoms with Gasteiger partial charge in [0.05, 0.1) is 43.3 Å². The van der Waals surface area contributed by atoms with Crippen LogP contribution in [0, 0.1) is 5.92 Å². The average Bonchev–Trinajstić information content (AvgIpc) is 3.69. The number of alkyl halides is 5. The van der Waals surface area contributed by atoms with Crippen LogP contribution in [-0.4, -0.2) is 75.0 Å². The lowest BCUT2D eigenvalue weighted by Crippen LogP contribution is -2.40. The van der Waals surface area contributed by atoms with Gasteiger partial charge in [-0.2, -0.15) is 18.3 Å². The van der Waals surface area contributed by atoms with Crippen LogP contribution in [0.3, 0.4) is 0 Å². The van der Waals surface area contributed by atoms with Gasteiger partial charge in [0.2, 0.25) is 5.92 Å². The molecule has 12 nitrogen and oxygen atoms in total. The van der Waals surface area contributed by atoms with Crippen LogP contribution in [-0.2, 0) is 16.1 Å². The Morgan fingerprint density at radius 3 is 2.71 bits per heavy atom. The number of hydrogen-bond donors (Lipinski definition) is 2. The Bertz CT molecular complexity index is 1390. The topological polar surface area (TPSA) is 136 Å². The molecule has 2 fully saturated rings. The minimum Gasteiger partial charge on any atom is -0.451 e.